The van der Waals surface area contributed by atoms with E-state index in [1.165, 1.54) is 7.11 Å². The summed E-state index contributed by atoms with van der Waals surface area (Å²) in [6.45, 7) is 3.82. The number of ether oxygens (including phenoxy) is 1. The molecule has 0 aliphatic carbocycles. The number of rotatable bonds is 4. The van der Waals surface area contributed by atoms with Crippen molar-refractivity contribution in [1.29, 1.82) is 0 Å². The number of hydrogen-bond acceptors (Lipinski definition) is 6. The number of methoxy groups -OCH3 is 1. The average Bonchev–Trinajstić information content (AvgIpc) is 3.19. The summed E-state index contributed by atoms with van der Waals surface area (Å²) in [6.07, 6.45) is 1.67. The Kier molecular flexibility index (Phi) is 5.64. The normalized spacial score (nSPS) is 10.7. The van der Waals surface area contributed by atoms with Crippen molar-refractivity contribution in [2.24, 2.45) is 0 Å². The summed E-state index contributed by atoms with van der Waals surface area (Å²) in [5, 5.41) is 5.96. The van der Waals surface area contributed by atoms with Crippen molar-refractivity contribution in [2.45, 2.75) is 13.8 Å². The van der Waals surface area contributed by atoms with Crippen LogP contribution in [0.15, 0.2) is 59.1 Å². The molecule has 0 unspecified atom stereocenters. The maximum absolute atomic E-state index is 12.7. The number of anilines is 1. The quantitative estimate of drug-likeness (QED) is 0.454. The van der Waals surface area contributed by atoms with Crippen LogP contribution in [0.3, 0.4) is 0 Å². The Bertz CT molecular complexity index is 1270. The zero-order valence-electron chi connectivity index (χ0n) is 17.2. The second kappa shape index (κ2) is 8.53. The standard InChI is InChI=1S/C23H20N4O3S/c1-13-9-10-15(22-26-20-18(30-22)8-5-11-24-20)12-17(13)25-23(31)27-21(28)16-7-4-6-14(2)19(16)29-3/h4-12H,1-3H3,(H2,25,27,28,31). The Balaban J connectivity index is 1.54. The van der Waals surface area contributed by atoms with E-state index in [1.807, 2.05) is 44.2 Å². The smallest absolute Gasteiger partial charge is 0.261 e. The van der Waals surface area contributed by atoms with Gasteiger partial charge in [0.05, 0.1) is 12.7 Å². The molecule has 0 aliphatic rings. The van der Waals surface area contributed by atoms with E-state index in [0.717, 1.165) is 22.4 Å². The highest BCUT2D eigenvalue weighted by atomic mass is 32.1. The lowest BCUT2D eigenvalue weighted by atomic mass is 10.1. The van der Waals surface area contributed by atoms with Crippen molar-refractivity contribution < 1.29 is 13.9 Å². The number of carbonyl (C=O) groups excluding carboxylic acids is 1. The van der Waals surface area contributed by atoms with Crippen LogP contribution in [0.2, 0.25) is 0 Å². The van der Waals surface area contributed by atoms with E-state index < -0.39 is 0 Å². The summed E-state index contributed by atoms with van der Waals surface area (Å²) in [6, 6.07) is 14.7. The Hall–Kier alpha value is -3.78. The molecule has 2 heterocycles. The molecule has 0 radical (unpaired) electrons. The van der Waals surface area contributed by atoms with Crippen LogP contribution in [-0.4, -0.2) is 28.1 Å². The van der Waals surface area contributed by atoms with Gasteiger partial charge in [0.2, 0.25) is 5.89 Å². The van der Waals surface area contributed by atoms with Crippen LogP contribution in [0.25, 0.3) is 22.7 Å². The Morgan fingerprint density at radius 1 is 1.10 bits per heavy atom. The zero-order chi connectivity index (χ0) is 22.0. The van der Waals surface area contributed by atoms with Crippen LogP contribution < -0.4 is 15.4 Å². The molecule has 4 aromatic rings. The third-order valence-electron chi connectivity index (χ3n) is 4.79. The Labute approximate surface area is 184 Å². The van der Waals surface area contributed by atoms with E-state index in [9.17, 15) is 4.79 Å². The fourth-order valence-electron chi connectivity index (χ4n) is 3.21. The Morgan fingerprint density at radius 2 is 1.94 bits per heavy atom. The van der Waals surface area contributed by atoms with Gasteiger partial charge in [-0.05, 0) is 67.5 Å². The van der Waals surface area contributed by atoms with Gasteiger partial charge in [0, 0.05) is 17.4 Å². The number of aryl methyl sites for hydroxylation is 2. The SMILES string of the molecule is COc1c(C)cccc1C(=O)NC(=S)Nc1cc(-c2nc3ncccc3o2)ccc1C. The van der Waals surface area contributed by atoms with Gasteiger partial charge in [-0.3, -0.25) is 10.1 Å². The first-order valence-corrected chi connectivity index (χ1v) is 9.95. The predicted octanol–water partition coefficient (Wildman–Crippen LogP) is 4.64. The molecule has 7 nitrogen and oxygen atoms in total. The highest BCUT2D eigenvalue weighted by Crippen LogP contribution is 2.27. The number of aromatic nitrogens is 2. The first kappa shape index (κ1) is 20.5. The lowest BCUT2D eigenvalue weighted by Crippen LogP contribution is -2.34. The monoisotopic (exact) mass is 432 g/mol. The number of fused-ring (bicyclic) bond motifs is 1. The molecule has 0 saturated carbocycles. The minimum absolute atomic E-state index is 0.174. The van der Waals surface area contributed by atoms with Gasteiger partial charge in [-0.2, -0.15) is 4.98 Å². The highest BCUT2D eigenvalue weighted by molar-refractivity contribution is 7.80. The molecule has 156 valence electrons. The summed E-state index contributed by atoms with van der Waals surface area (Å²) in [7, 11) is 1.53. The third-order valence-corrected chi connectivity index (χ3v) is 4.99. The second-order valence-electron chi connectivity index (χ2n) is 6.94. The third kappa shape index (κ3) is 4.24. The lowest BCUT2D eigenvalue weighted by Gasteiger charge is -2.14. The molecule has 4 rings (SSSR count). The molecule has 2 aromatic carbocycles. The molecule has 0 atom stereocenters. The van der Waals surface area contributed by atoms with Crippen LogP contribution in [0, 0.1) is 13.8 Å². The number of para-hydroxylation sites is 1. The van der Waals surface area contributed by atoms with E-state index in [4.69, 9.17) is 21.4 Å². The maximum atomic E-state index is 12.7. The van der Waals surface area contributed by atoms with E-state index >= 15 is 0 Å². The summed E-state index contributed by atoms with van der Waals surface area (Å²) in [4.78, 5) is 21.3. The van der Waals surface area contributed by atoms with Gasteiger partial charge in [0.25, 0.3) is 5.91 Å². The summed E-state index contributed by atoms with van der Waals surface area (Å²) in [5.74, 6) is 0.624. The highest BCUT2D eigenvalue weighted by Gasteiger charge is 2.16. The molecule has 2 N–H and O–H groups in total. The van der Waals surface area contributed by atoms with Crippen LogP contribution >= 0.6 is 12.2 Å². The predicted molar refractivity (Wildman–Crippen MR) is 123 cm³/mol. The van der Waals surface area contributed by atoms with Gasteiger partial charge in [-0.1, -0.05) is 18.2 Å². The van der Waals surface area contributed by atoms with Gasteiger partial charge in [-0.15, -0.1) is 0 Å². The molecular formula is C23H20N4O3S. The van der Waals surface area contributed by atoms with Crippen LogP contribution in [-0.2, 0) is 0 Å². The van der Waals surface area contributed by atoms with Gasteiger partial charge in [0.15, 0.2) is 16.3 Å². The van der Waals surface area contributed by atoms with Crippen molar-refractivity contribution in [3.05, 3.63) is 71.4 Å². The van der Waals surface area contributed by atoms with E-state index in [-0.39, 0.29) is 11.0 Å². The fourth-order valence-corrected chi connectivity index (χ4v) is 3.41. The van der Waals surface area contributed by atoms with E-state index in [0.29, 0.717) is 28.4 Å². The molecule has 8 heteroatoms. The first-order chi connectivity index (χ1) is 15.0. The molecule has 0 aliphatic heterocycles. The van der Waals surface area contributed by atoms with Crippen molar-refractivity contribution in [3.8, 4) is 17.2 Å². The average molecular weight is 433 g/mol. The summed E-state index contributed by atoms with van der Waals surface area (Å²) >= 11 is 5.36. The van der Waals surface area contributed by atoms with Crippen LogP contribution in [0.1, 0.15) is 21.5 Å². The van der Waals surface area contributed by atoms with Gasteiger partial charge in [0.1, 0.15) is 5.75 Å². The summed E-state index contributed by atoms with van der Waals surface area (Å²) in [5.41, 5.74) is 4.88. The van der Waals surface area contributed by atoms with Crippen molar-refractivity contribution >= 4 is 40.2 Å². The van der Waals surface area contributed by atoms with Crippen LogP contribution in [0.4, 0.5) is 5.69 Å². The minimum Gasteiger partial charge on any atom is -0.496 e. The van der Waals surface area contributed by atoms with Crippen molar-refractivity contribution in [1.82, 2.24) is 15.3 Å². The number of benzene rings is 2. The zero-order valence-corrected chi connectivity index (χ0v) is 18.0. The summed E-state index contributed by atoms with van der Waals surface area (Å²) < 4.78 is 11.2. The van der Waals surface area contributed by atoms with E-state index in [1.54, 1.807) is 24.4 Å². The maximum Gasteiger partial charge on any atom is 0.261 e. The van der Waals surface area contributed by atoms with E-state index in [2.05, 4.69) is 20.6 Å². The molecular weight excluding hydrogens is 412 g/mol. The van der Waals surface area contributed by atoms with Gasteiger partial charge < -0.3 is 14.5 Å². The second-order valence-corrected chi connectivity index (χ2v) is 7.35. The largest absolute Gasteiger partial charge is 0.496 e. The van der Waals surface area contributed by atoms with Crippen molar-refractivity contribution in [2.75, 3.05) is 12.4 Å². The number of nitrogens with zero attached hydrogens (tertiary/aromatic N) is 2. The molecule has 2 aromatic heterocycles. The number of hydrogen-bond donors (Lipinski definition) is 2. The number of amides is 1. The fraction of sp³-hybridized carbons (Fsp3) is 0.130. The number of oxazole rings is 1. The topological polar surface area (TPSA) is 89.3 Å². The lowest BCUT2D eigenvalue weighted by molar-refractivity contribution is 0.0974. The van der Waals surface area contributed by atoms with Gasteiger partial charge in [-0.25, -0.2) is 4.98 Å². The molecule has 0 fully saturated rings. The van der Waals surface area contributed by atoms with Gasteiger partial charge >= 0.3 is 0 Å². The number of carbonyl (C=O) groups is 1. The number of nitrogens with one attached hydrogen (secondary N) is 2. The number of thiocarbonyl (C=S) groups is 1. The first-order valence-electron chi connectivity index (χ1n) is 9.55. The number of pyridine rings is 1. The molecule has 0 spiro atoms. The molecule has 0 saturated heterocycles. The molecule has 31 heavy (non-hydrogen) atoms. The Morgan fingerprint density at radius 3 is 2.71 bits per heavy atom. The van der Waals surface area contributed by atoms with Crippen LogP contribution in [0.5, 0.6) is 5.75 Å². The molecule has 1 amide bonds. The van der Waals surface area contributed by atoms with Crippen molar-refractivity contribution in [3.63, 3.8) is 0 Å². The minimum atomic E-state index is -0.350. The molecule has 0 bridgehead atoms.